The monoisotopic (exact) mass is 279 g/mol. The molecule has 2 aliphatic rings. The van der Waals surface area contributed by atoms with Crippen LogP contribution in [-0.2, 0) is 0 Å². The first-order valence-electron chi connectivity index (χ1n) is 7.19. The molecular weight excluding hydrogens is 262 g/mol. The Labute approximate surface area is 124 Å². The normalized spacial score (nSPS) is 22.5. The summed E-state index contributed by atoms with van der Waals surface area (Å²) in [6, 6.07) is 6.31. The van der Waals surface area contributed by atoms with Gasteiger partial charge in [-0.2, -0.15) is 5.26 Å². The summed E-state index contributed by atoms with van der Waals surface area (Å²) in [4.78, 5) is 8.67. The van der Waals surface area contributed by atoms with Crippen LogP contribution in [0, 0.1) is 11.3 Å². The summed E-state index contributed by atoms with van der Waals surface area (Å²) in [6.07, 6.45) is 11.8. The van der Waals surface area contributed by atoms with E-state index in [9.17, 15) is 5.26 Å². The van der Waals surface area contributed by atoms with Crippen LogP contribution in [0.25, 0.3) is 5.57 Å². The number of aromatic nitrogens is 1. The molecule has 2 heterocycles. The summed E-state index contributed by atoms with van der Waals surface area (Å²) in [5, 5.41) is 15.8. The van der Waals surface area contributed by atoms with Gasteiger partial charge in [-0.3, -0.25) is 4.98 Å². The maximum Gasteiger partial charge on any atom is 0.200 e. The Bertz CT molecular complexity index is 630. The van der Waals surface area contributed by atoms with Crippen molar-refractivity contribution in [1.29, 1.82) is 5.26 Å². The Morgan fingerprint density at radius 2 is 2.05 bits per heavy atom. The zero-order valence-corrected chi connectivity index (χ0v) is 11.7. The number of pyridine rings is 1. The van der Waals surface area contributed by atoms with Gasteiger partial charge < -0.3 is 10.6 Å². The highest BCUT2D eigenvalue weighted by atomic mass is 15.2. The fourth-order valence-corrected chi connectivity index (χ4v) is 2.64. The average Bonchev–Trinajstić information content (AvgIpc) is 3.02. The van der Waals surface area contributed by atoms with Gasteiger partial charge in [-0.15, -0.1) is 0 Å². The highest BCUT2D eigenvalue weighted by Crippen LogP contribution is 2.22. The minimum atomic E-state index is 0.388. The lowest BCUT2D eigenvalue weighted by Crippen LogP contribution is -2.37. The van der Waals surface area contributed by atoms with Crippen molar-refractivity contribution in [2.75, 3.05) is 0 Å². The predicted octanol–water partition coefficient (Wildman–Crippen LogP) is 2.32. The highest BCUT2D eigenvalue weighted by molar-refractivity contribution is 5.90. The molecule has 5 heteroatoms. The lowest BCUT2D eigenvalue weighted by atomic mass is 10.1. The zero-order chi connectivity index (χ0) is 14.5. The molecule has 0 radical (unpaired) electrons. The molecule has 1 saturated carbocycles. The van der Waals surface area contributed by atoms with E-state index >= 15 is 0 Å². The fourth-order valence-electron chi connectivity index (χ4n) is 2.64. The van der Waals surface area contributed by atoms with Crippen LogP contribution < -0.4 is 10.6 Å². The van der Waals surface area contributed by atoms with Gasteiger partial charge in [0.25, 0.3) is 0 Å². The lowest BCUT2D eigenvalue weighted by Gasteiger charge is -2.18. The van der Waals surface area contributed by atoms with E-state index in [1.165, 1.54) is 12.8 Å². The van der Waals surface area contributed by atoms with E-state index in [2.05, 4.69) is 26.7 Å². The Balaban J connectivity index is 1.87. The number of nitriles is 1. The van der Waals surface area contributed by atoms with Gasteiger partial charge in [-0.1, -0.05) is 12.8 Å². The summed E-state index contributed by atoms with van der Waals surface area (Å²) < 4.78 is 0. The molecule has 3 rings (SSSR count). The molecule has 1 aliphatic heterocycles. The molecule has 0 saturated heterocycles. The number of nitrogens with one attached hydrogen (secondary N) is 2. The summed E-state index contributed by atoms with van der Waals surface area (Å²) in [6.45, 7) is 0. The summed E-state index contributed by atoms with van der Waals surface area (Å²) >= 11 is 0. The third kappa shape index (κ3) is 3.11. The van der Waals surface area contributed by atoms with E-state index in [0.29, 0.717) is 11.6 Å². The largest absolute Gasteiger partial charge is 0.333 e. The van der Waals surface area contributed by atoms with E-state index < -0.39 is 0 Å². The number of guanidine groups is 1. The quantitative estimate of drug-likeness (QED) is 0.815. The van der Waals surface area contributed by atoms with Crippen LogP contribution in [-0.4, -0.2) is 17.0 Å². The summed E-state index contributed by atoms with van der Waals surface area (Å²) in [5.74, 6) is 0.723. The van der Waals surface area contributed by atoms with Crippen molar-refractivity contribution in [3.05, 3.63) is 48.1 Å². The molecule has 0 unspecified atom stereocenters. The van der Waals surface area contributed by atoms with Crippen LogP contribution in [0.3, 0.4) is 0 Å². The molecule has 106 valence electrons. The number of aliphatic imine (C=N–C) groups is 1. The smallest absolute Gasteiger partial charge is 0.200 e. The van der Waals surface area contributed by atoms with Crippen LogP contribution in [0.2, 0.25) is 0 Å². The molecule has 0 amide bonds. The molecule has 0 atom stereocenters. The van der Waals surface area contributed by atoms with Crippen molar-refractivity contribution in [3.8, 4) is 6.07 Å². The second-order valence-electron chi connectivity index (χ2n) is 5.16. The standard InChI is InChI=1S/C16H17N5/c17-11-14(12-5-8-18-9-6-12)15-7-10-19-16(21-15)20-13-3-1-2-4-13/h5-10,13H,1-4H2,(H2,19,20,21). The Morgan fingerprint density at radius 1 is 1.29 bits per heavy atom. The highest BCUT2D eigenvalue weighted by Gasteiger charge is 2.17. The molecule has 5 nitrogen and oxygen atoms in total. The van der Waals surface area contributed by atoms with Gasteiger partial charge in [0.2, 0.25) is 0 Å². The number of nitrogens with zero attached hydrogens (tertiary/aromatic N) is 3. The van der Waals surface area contributed by atoms with Crippen LogP contribution in [0.15, 0.2) is 47.5 Å². The van der Waals surface area contributed by atoms with Gasteiger partial charge in [0.15, 0.2) is 5.96 Å². The predicted molar refractivity (Wildman–Crippen MR) is 81.9 cm³/mol. The van der Waals surface area contributed by atoms with E-state index in [1.54, 1.807) is 12.4 Å². The van der Waals surface area contributed by atoms with Crippen LogP contribution in [0.1, 0.15) is 31.2 Å². The minimum absolute atomic E-state index is 0.388. The molecule has 21 heavy (non-hydrogen) atoms. The summed E-state index contributed by atoms with van der Waals surface area (Å²) in [5.41, 5.74) is 2.20. The molecule has 1 aromatic heterocycles. The van der Waals surface area contributed by atoms with Gasteiger partial charge in [-0.25, -0.2) is 4.99 Å². The van der Waals surface area contributed by atoms with Gasteiger partial charge in [-0.05, 0) is 36.6 Å². The van der Waals surface area contributed by atoms with E-state index in [1.807, 2.05) is 24.4 Å². The van der Waals surface area contributed by atoms with Crippen molar-refractivity contribution in [1.82, 2.24) is 15.6 Å². The summed E-state index contributed by atoms with van der Waals surface area (Å²) in [7, 11) is 0. The van der Waals surface area contributed by atoms with E-state index in [-0.39, 0.29) is 0 Å². The SMILES string of the molecule is N#CC(=C1C=CNC(=NC2CCCC2)N1)c1ccncc1. The van der Waals surface area contributed by atoms with Crippen molar-refractivity contribution in [2.24, 2.45) is 4.99 Å². The number of rotatable bonds is 2. The fraction of sp³-hybridized carbons (Fsp3) is 0.312. The zero-order valence-electron chi connectivity index (χ0n) is 11.7. The van der Waals surface area contributed by atoms with Gasteiger partial charge >= 0.3 is 0 Å². The topological polar surface area (TPSA) is 73.1 Å². The second-order valence-corrected chi connectivity index (χ2v) is 5.16. The van der Waals surface area contributed by atoms with Crippen molar-refractivity contribution >= 4 is 11.5 Å². The third-order valence-electron chi connectivity index (χ3n) is 3.71. The number of hydrogen-bond acceptors (Lipinski definition) is 3. The number of hydrogen-bond donors (Lipinski definition) is 2. The van der Waals surface area contributed by atoms with Crippen molar-refractivity contribution in [2.45, 2.75) is 31.7 Å². The van der Waals surface area contributed by atoms with Gasteiger partial charge in [0.05, 0.1) is 17.3 Å². The maximum atomic E-state index is 9.44. The Morgan fingerprint density at radius 3 is 2.76 bits per heavy atom. The number of allylic oxidation sites excluding steroid dienone is 2. The first kappa shape index (κ1) is 13.4. The Kier molecular flexibility index (Phi) is 3.97. The molecule has 0 spiro atoms. The van der Waals surface area contributed by atoms with Crippen LogP contribution in [0.5, 0.6) is 0 Å². The van der Waals surface area contributed by atoms with Crippen LogP contribution >= 0.6 is 0 Å². The van der Waals surface area contributed by atoms with Gasteiger partial charge in [0.1, 0.15) is 6.07 Å². The second kappa shape index (κ2) is 6.23. The molecule has 2 N–H and O–H groups in total. The average molecular weight is 279 g/mol. The van der Waals surface area contributed by atoms with Crippen LogP contribution in [0.4, 0.5) is 0 Å². The molecule has 0 bridgehead atoms. The molecule has 1 aliphatic carbocycles. The lowest BCUT2D eigenvalue weighted by molar-refractivity contribution is 0.696. The first-order chi connectivity index (χ1) is 10.4. The first-order valence-corrected chi connectivity index (χ1v) is 7.19. The minimum Gasteiger partial charge on any atom is -0.333 e. The molecule has 1 aromatic rings. The van der Waals surface area contributed by atoms with Gasteiger partial charge in [0, 0.05) is 18.6 Å². The van der Waals surface area contributed by atoms with E-state index in [0.717, 1.165) is 30.1 Å². The maximum absolute atomic E-state index is 9.44. The van der Waals surface area contributed by atoms with Crippen molar-refractivity contribution in [3.63, 3.8) is 0 Å². The Hall–Kier alpha value is -2.61. The molecule has 0 aromatic carbocycles. The molecular formula is C16H17N5. The third-order valence-corrected chi connectivity index (χ3v) is 3.71. The van der Waals surface area contributed by atoms with Crippen molar-refractivity contribution < 1.29 is 0 Å². The molecule has 1 fully saturated rings. The van der Waals surface area contributed by atoms with E-state index in [4.69, 9.17) is 0 Å².